The second-order valence-electron chi connectivity index (χ2n) is 7.58. The minimum Gasteiger partial charge on any atom is -0.492 e. The van der Waals surface area contributed by atoms with E-state index in [0.717, 1.165) is 28.6 Å². The van der Waals surface area contributed by atoms with Crippen LogP contribution in [0.25, 0.3) is 0 Å². The van der Waals surface area contributed by atoms with Crippen molar-refractivity contribution in [3.8, 4) is 17.2 Å². The van der Waals surface area contributed by atoms with Gasteiger partial charge in [0.1, 0.15) is 11.6 Å². The van der Waals surface area contributed by atoms with Crippen molar-refractivity contribution in [2.24, 2.45) is 0 Å². The zero-order valence-electron chi connectivity index (χ0n) is 17.5. The number of ether oxygens (including phenoxy) is 3. The van der Waals surface area contributed by atoms with E-state index < -0.39 is 0 Å². The molecule has 1 aliphatic rings. The molecule has 2 aromatic carbocycles. The number of nitrogens with zero attached hydrogens (tertiary/aromatic N) is 1. The van der Waals surface area contributed by atoms with Crippen molar-refractivity contribution < 1.29 is 23.4 Å². The Labute approximate surface area is 190 Å². The lowest BCUT2D eigenvalue weighted by Gasteiger charge is -2.22. The highest BCUT2D eigenvalue weighted by Crippen LogP contribution is 2.48. The molecular weight excluding hydrogens is 500 g/mol. The third-order valence-corrected chi connectivity index (χ3v) is 6.45. The molecule has 0 N–H and O–H groups in total. The number of halogens is 2. The molecule has 2 aromatic rings. The zero-order valence-corrected chi connectivity index (χ0v) is 19.7. The predicted octanol–water partition coefficient (Wildman–Crippen LogP) is 4.74. The molecule has 3 rings (SSSR count). The molecular formula is C23H27FINO4. The lowest BCUT2D eigenvalue weighted by molar-refractivity contribution is -0.118. The van der Waals surface area contributed by atoms with E-state index in [1.165, 1.54) is 6.07 Å². The van der Waals surface area contributed by atoms with E-state index in [1.54, 1.807) is 25.3 Å². The molecule has 0 amide bonds. The minimum atomic E-state index is -0.346. The maximum atomic E-state index is 13.9. The Morgan fingerprint density at radius 2 is 2.07 bits per heavy atom. The first-order valence-electron chi connectivity index (χ1n) is 9.93. The van der Waals surface area contributed by atoms with Gasteiger partial charge in [0.05, 0.1) is 11.7 Å². The third-order valence-electron chi connectivity index (χ3n) is 5.29. The first-order chi connectivity index (χ1) is 14.4. The Hall–Kier alpha value is -1.87. The van der Waals surface area contributed by atoms with E-state index >= 15 is 0 Å². The lowest BCUT2D eigenvalue weighted by atomic mass is 9.87. The van der Waals surface area contributed by atoms with Crippen molar-refractivity contribution in [2.75, 3.05) is 32.0 Å². The highest BCUT2D eigenvalue weighted by atomic mass is 127. The number of carbonyl (C=O) groups is 1. The van der Waals surface area contributed by atoms with Gasteiger partial charge in [-0.25, -0.2) is 4.39 Å². The molecule has 0 spiro atoms. The van der Waals surface area contributed by atoms with E-state index in [9.17, 15) is 9.18 Å². The minimum absolute atomic E-state index is 0.0114. The monoisotopic (exact) mass is 527 g/mol. The van der Waals surface area contributed by atoms with Gasteiger partial charge in [-0.3, -0.25) is 9.69 Å². The normalized spacial score (nSPS) is 13.5. The van der Waals surface area contributed by atoms with Crippen LogP contribution < -0.4 is 14.2 Å². The Kier molecular flexibility index (Phi) is 7.93. The molecule has 1 atom stereocenters. The van der Waals surface area contributed by atoms with Crippen molar-refractivity contribution in [3.05, 3.63) is 52.8 Å². The van der Waals surface area contributed by atoms with Crippen LogP contribution in [-0.2, 0) is 17.6 Å². The van der Waals surface area contributed by atoms with Gasteiger partial charge < -0.3 is 14.2 Å². The van der Waals surface area contributed by atoms with E-state index in [4.69, 9.17) is 14.2 Å². The predicted molar refractivity (Wildman–Crippen MR) is 122 cm³/mol. The number of hydrogen-bond acceptors (Lipinski definition) is 5. The van der Waals surface area contributed by atoms with Crippen molar-refractivity contribution in [1.82, 2.24) is 4.90 Å². The number of hydrogen-bond donors (Lipinski definition) is 0. The number of methoxy groups -OCH3 is 1. The van der Waals surface area contributed by atoms with E-state index in [-0.39, 0.29) is 30.7 Å². The highest BCUT2D eigenvalue weighted by Gasteiger charge is 2.28. The maximum Gasteiger partial charge on any atom is 0.231 e. The standard InChI is InChI=1S/C23H27FINO4/c1-15(10-18(27)11-16-6-4-5-7-19(16)24)21-17(8-9-26(2)13-25)12-20-22(23(21)28-3)30-14-29-20/h4-7,12,15H,8-11,13-14H2,1-3H3. The summed E-state index contributed by atoms with van der Waals surface area (Å²) in [5.74, 6) is 1.43. The average Bonchev–Trinajstić information content (AvgIpc) is 3.20. The summed E-state index contributed by atoms with van der Waals surface area (Å²) in [6, 6.07) is 8.41. The number of Topliss-reactive ketones (excluding diaryl/α,β-unsaturated/α-hetero) is 1. The van der Waals surface area contributed by atoms with E-state index in [1.807, 2.05) is 13.0 Å². The summed E-state index contributed by atoms with van der Waals surface area (Å²) in [5.41, 5.74) is 2.47. The van der Waals surface area contributed by atoms with Crippen LogP contribution in [0.2, 0.25) is 0 Å². The van der Waals surface area contributed by atoms with Crippen LogP contribution in [0.4, 0.5) is 4.39 Å². The number of rotatable bonds is 10. The van der Waals surface area contributed by atoms with Crippen molar-refractivity contribution in [3.63, 3.8) is 0 Å². The quantitative estimate of drug-likeness (QED) is 0.254. The SMILES string of the molecule is COc1c2c(cc(CCN(C)CI)c1C(C)CC(=O)Cc1ccccc1F)OCO2. The molecule has 1 heterocycles. The molecule has 5 nitrogen and oxygen atoms in total. The Bertz CT molecular complexity index is 905. The van der Waals surface area contributed by atoms with Crippen LogP contribution in [0.5, 0.6) is 17.2 Å². The molecule has 0 fully saturated rings. The van der Waals surface area contributed by atoms with Crippen molar-refractivity contribution in [2.45, 2.75) is 32.1 Å². The van der Waals surface area contributed by atoms with Crippen LogP contribution in [0.1, 0.15) is 36.0 Å². The summed E-state index contributed by atoms with van der Waals surface area (Å²) in [5, 5.41) is 0. The van der Waals surface area contributed by atoms with Gasteiger partial charge in [-0.1, -0.05) is 47.7 Å². The fourth-order valence-corrected chi connectivity index (χ4v) is 4.11. The number of ketones is 1. The molecule has 0 saturated heterocycles. The Balaban J connectivity index is 1.86. The zero-order chi connectivity index (χ0) is 21.7. The number of alkyl halides is 1. The molecule has 162 valence electrons. The third kappa shape index (κ3) is 5.24. The molecule has 30 heavy (non-hydrogen) atoms. The summed E-state index contributed by atoms with van der Waals surface area (Å²) in [6.45, 7) is 3.03. The van der Waals surface area contributed by atoms with Gasteiger partial charge in [0.15, 0.2) is 11.5 Å². The van der Waals surface area contributed by atoms with Crippen LogP contribution in [0.3, 0.4) is 0 Å². The molecule has 7 heteroatoms. The first kappa shape index (κ1) is 22.8. The smallest absolute Gasteiger partial charge is 0.231 e. The van der Waals surface area contributed by atoms with Crippen LogP contribution in [-0.4, -0.2) is 42.7 Å². The number of benzene rings is 2. The van der Waals surface area contributed by atoms with Gasteiger partial charge in [0, 0.05) is 24.9 Å². The number of carbonyl (C=O) groups excluding carboxylic acids is 1. The van der Waals surface area contributed by atoms with Gasteiger partial charge in [-0.15, -0.1) is 0 Å². The summed E-state index contributed by atoms with van der Waals surface area (Å²) in [6.07, 6.45) is 1.17. The van der Waals surface area contributed by atoms with Gasteiger partial charge >= 0.3 is 0 Å². The summed E-state index contributed by atoms with van der Waals surface area (Å²) >= 11 is 2.33. The second kappa shape index (κ2) is 10.4. The van der Waals surface area contributed by atoms with Gasteiger partial charge in [0.25, 0.3) is 0 Å². The fourth-order valence-electron chi connectivity index (χ4n) is 3.77. The molecule has 0 radical (unpaired) electrons. The average molecular weight is 527 g/mol. The molecule has 0 aliphatic carbocycles. The van der Waals surface area contributed by atoms with Crippen molar-refractivity contribution in [1.29, 1.82) is 0 Å². The van der Waals surface area contributed by atoms with E-state index in [0.29, 0.717) is 29.2 Å². The highest BCUT2D eigenvalue weighted by molar-refractivity contribution is 14.1. The van der Waals surface area contributed by atoms with Gasteiger partial charge in [-0.2, -0.15) is 0 Å². The van der Waals surface area contributed by atoms with Crippen molar-refractivity contribution >= 4 is 28.4 Å². The van der Waals surface area contributed by atoms with Crippen LogP contribution >= 0.6 is 22.6 Å². The summed E-state index contributed by atoms with van der Waals surface area (Å²) in [7, 11) is 3.67. The van der Waals surface area contributed by atoms with Crippen LogP contribution in [0.15, 0.2) is 30.3 Å². The molecule has 0 saturated carbocycles. The van der Waals surface area contributed by atoms with Gasteiger partial charge in [-0.05, 0) is 42.6 Å². The Morgan fingerprint density at radius 1 is 1.30 bits per heavy atom. The molecule has 1 aliphatic heterocycles. The molecule has 0 bridgehead atoms. The number of fused-ring (bicyclic) bond motifs is 1. The van der Waals surface area contributed by atoms with Crippen LogP contribution in [0, 0.1) is 5.82 Å². The number of likely N-dealkylation sites (N-methyl/N-ethyl adjacent to an activating group) is 1. The molecule has 1 unspecified atom stereocenters. The maximum absolute atomic E-state index is 13.9. The topological polar surface area (TPSA) is 48.0 Å². The molecule has 0 aromatic heterocycles. The second-order valence-corrected chi connectivity index (χ2v) is 8.26. The largest absolute Gasteiger partial charge is 0.492 e. The Morgan fingerprint density at radius 3 is 2.77 bits per heavy atom. The lowest BCUT2D eigenvalue weighted by Crippen LogP contribution is -2.20. The fraction of sp³-hybridized carbons (Fsp3) is 0.435. The summed E-state index contributed by atoms with van der Waals surface area (Å²) < 4.78 is 31.8. The summed E-state index contributed by atoms with van der Waals surface area (Å²) in [4.78, 5) is 15.0. The first-order valence-corrected chi connectivity index (χ1v) is 11.5. The van der Waals surface area contributed by atoms with Gasteiger partial charge in [0.2, 0.25) is 12.5 Å². The van der Waals surface area contributed by atoms with E-state index in [2.05, 4.69) is 34.5 Å².